The minimum atomic E-state index is -0.804. The fourth-order valence-corrected chi connectivity index (χ4v) is 11.7. The fourth-order valence-electron chi connectivity index (χ4n) is 10.5. The van der Waals surface area contributed by atoms with Gasteiger partial charge in [0.15, 0.2) is 5.82 Å². The van der Waals surface area contributed by atoms with Crippen molar-refractivity contribution >= 4 is 28.8 Å². The van der Waals surface area contributed by atoms with Gasteiger partial charge in [-0.2, -0.15) is 0 Å². The van der Waals surface area contributed by atoms with E-state index in [1.165, 1.54) is 0 Å². The first-order valence-electron chi connectivity index (χ1n) is 23.0. The number of pyridine rings is 5. The van der Waals surface area contributed by atoms with E-state index in [4.69, 9.17) is 24.7 Å². The third kappa shape index (κ3) is 6.10. The smallest absolute Gasteiger partial charge is 0.161 e. The van der Waals surface area contributed by atoms with Crippen molar-refractivity contribution in [3.05, 3.63) is 242 Å². The molecule has 1 spiro atoms. The van der Waals surface area contributed by atoms with Gasteiger partial charge in [0.2, 0.25) is 0 Å². The lowest BCUT2D eigenvalue weighted by atomic mass is 9.66. The second-order valence-electron chi connectivity index (χ2n) is 17.3. The number of benzene rings is 5. The Bertz CT molecular complexity index is 3820. The van der Waals surface area contributed by atoms with Gasteiger partial charge in [-0.15, -0.1) is 0 Å². The van der Waals surface area contributed by atoms with Crippen molar-refractivity contribution < 1.29 is 4.74 Å². The van der Waals surface area contributed by atoms with Crippen molar-refractivity contribution in [3.8, 4) is 79.2 Å². The van der Waals surface area contributed by atoms with Gasteiger partial charge >= 0.3 is 0 Å². The van der Waals surface area contributed by atoms with Crippen LogP contribution in [0.25, 0.3) is 67.7 Å². The lowest BCUT2D eigenvalue weighted by molar-refractivity contribution is 0.426. The number of anilines is 3. The van der Waals surface area contributed by atoms with Crippen molar-refractivity contribution in [1.29, 1.82) is 0 Å². The molecule has 11 aromatic rings. The largest absolute Gasteiger partial charge is 0.455 e. The molecule has 2 aliphatic heterocycles. The highest BCUT2D eigenvalue weighted by Gasteiger charge is 2.53. The zero-order valence-electron chi connectivity index (χ0n) is 37.2. The molecule has 10 heteroatoms. The molecule has 0 bridgehead atoms. The summed E-state index contributed by atoms with van der Waals surface area (Å²) in [5, 5.41) is 0. The molecule has 70 heavy (non-hydrogen) atoms. The normalized spacial score (nSPS) is 14.7. The standard InChI is InChI=1S/C60H36N8OS/c1-2-12-42(59-66-48(38-25-32-62-33-26-38)36-49(67-59)39-27-34-63-35-28-39)41(11-1)47-21-19-45-56(65-47)55-44(14-9-29-64-55)60(45)43-13-4-7-17-53(43)69-57-46(60)20-22-52-58(57)70-54-18-8-6-16-51(54)68(52)50-15-5-3-10-40(50)37-23-30-61-31-24-37/h1-36H. The Hall–Kier alpha value is -9.12. The zero-order valence-corrected chi connectivity index (χ0v) is 38.0. The van der Waals surface area contributed by atoms with Gasteiger partial charge in [-0.25, -0.2) is 15.0 Å². The summed E-state index contributed by atoms with van der Waals surface area (Å²) in [6.45, 7) is 0. The van der Waals surface area contributed by atoms with Crippen LogP contribution >= 0.6 is 11.8 Å². The molecule has 1 aliphatic carbocycles. The van der Waals surface area contributed by atoms with Crippen LogP contribution < -0.4 is 9.64 Å². The Morgan fingerprint density at radius 3 is 1.77 bits per heavy atom. The summed E-state index contributed by atoms with van der Waals surface area (Å²) in [7, 11) is 0. The Labute approximate surface area is 407 Å². The zero-order chi connectivity index (χ0) is 46.2. The van der Waals surface area contributed by atoms with Crippen molar-refractivity contribution in [2.24, 2.45) is 0 Å². The van der Waals surface area contributed by atoms with Crippen LogP contribution in [-0.2, 0) is 5.41 Å². The number of hydrogen-bond acceptors (Lipinski definition) is 10. The molecule has 1 unspecified atom stereocenters. The predicted octanol–water partition coefficient (Wildman–Crippen LogP) is 14.2. The average Bonchev–Trinajstić information content (AvgIpc) is 3.73. The predicted molar refractivity (Wildman–Crippen MR) is 274 cm³/mol. The van der Waals surface area contributed by atoms with E-state index >= 15 is 0 Å². The number of nitrogens with zero attached hydrogens (tertiary/aromatic N) is 8. The van der Waals surface area contributed by atoms with Gasteiger partial charge in [-0.1, -0.05) is 103 Å². The molecule has 0 saturated heterocycles. The highest BCUT2D eigenvalue weighted by molar-refractivity contribution is 7.99. The van der Waals surface area contributed by atoms with E-state index in [0.717, 1.165) is 122 Å². The second kappa shape index (κ2) is 16.0. The van der Waals surface area contributed by atoms with E-state index in [1.807, 2.05) is 67.1 Å². The van der Waals surface area contributed by atoms with Crippen molar-refractivity contribution in [3.63, 3.8) is 0 Å². The van der Waals surface area contributed by atoms with Crippen LogP contribution in [0.15, 0.2) is 229 Å². The van der Waals surface area contributed by atoms with Crippen LogP contribution in [0, 0.1) is 0 Å². The highest BCUT2D eigenvalue weighted by Crippen LogP contribution is 2.66. The van der Waals surface area contributed by atoms with Crippen LogP contribution in [0.3, 0.4) is 0 Å². The molecule has 8 heterocycles. The third-order valence-corrected chi connectivity index (χ3v) is 14.7. The summed E-state index contributed by atoms with van der Waals surface area (Å²) >= 11 is 1.75. The van der Waals surface area contributed by atoms with Crippen LogP contribution in [0.5, 0.6) is 11.5 Å². The molecular weight excluding hydrogens is 881 g/mol. The van der Waals surface area contributed by atoms with E-state index < -0.39 is 5.41 Å². The quantitative estimate of drug-likeness (QED) is 0.160. The maximum Gasteiger partial charge on any atom is 0.161 e. The van der Waals surface area contributed by atoms with Crippen molar-refractivity contribution in [2.45, 2.75) is 15.2 Å². The highest BCUT2D eigenvalue weighted by atomic mass is 32.2. The maximum absolute atomic E-state index is 7.23. The summed E-state index contributed by atoms with van der Waals surface area (Å²) in [5.41, 5.74) is 16.4. The molecule has 0 fully saturated rings. The monoisotopic (exact) mass is 916 g/mol. The molecule has 328 valence electrons. The van der Waals surface area contributed by atoms with Gasteiger partial charge in [-0.05, 0) is 102 Å². The number of hydrogen-bond donors (Lipinski definition) is 0. The van der Waals surface area contributed by atoms with Crippen LogP contribution in [0.1, 0.15) is 22.3 Å². The number of aromatic nitrogens is 7. The topological polar surface area (TPSA) is 103 Å². The van der Waals surface area contributed by atoms with Gasteiger partial charge in [0.1, 0.15) is 11.5 Å². The summed E-state index contributed by atoms with van der Waals surface area (Å²) in [6.07, 6.45) is 12.7. The third-order valence-electron chi connectivity index (χ3n) is 13.6. The number of ether oxygens (including phenoxy) is 1. The van der Waals surface area contributed by atoms with E-state index in [1.54, 1.807) is 36.5 Å². The van der Waals surface area contributed by atoms with Gasteiger partial charge in [0, 0.05) is 87.2 Å². The van der Waals surface area contributed by atoms with E-state index in [9.17, 15) is 0 Å². The molecule has 3 aliphatic rings. The first-order chi connectivity index (χ1) is 34.7. The molecular formula is C60H36N8OS. The average molecular weight is 917 g/mol. The van der Waals surface area contributed by atoms with Gasteiger partial charge in [-0.3, -0.25) is 19.9 Å². The summed E-state index contributed by atoms with van der Waals surface area (Å²) in [4.78, 5) is 38.6. The molecule has 0 amide bonds. The summed E-state index contributed by atoms with van der Waals surface area (Å²) in [6, 6.07) is 61.1. The second-order valence-corrected chi connectivity index (χ2v) is 18.3. The maximum atomic E-state index is 7.23. The molecule has 9 nitrogen and oxygen atoms in total. The molecule has 14 rings (SSSR count). The molecule has 1 atom stereocenters. The van der Waals surface area contributed by atoms with E-state index in [-0.39, 0.29) is 0 Å². The summed E-state index contributed by atoms with van der Waals surface area (Å²) < 4.78 is 7.23. The van der Waals surface area contributed by atoms with Crippen molar-refractivity contribution in [1.82, 2.24) is 34.9 Å². The van der Waals surface area contributed by atoms with Gasteiger partial charge in [0.25, 0.3) is 0 Å². The fraction of sp³-hybridized carbons (Fsp3) is 0.0167. The van der Waals surface area contributed by atoms with Gasteiger partial charge in [0.05, 0.1) is 55.8 Å². The lowest BCUT2D eigenvalue weighted by Crippen LogP contribution is -2.33. The van der Waals surface area contributed by atoms with Crippen LogP contribution in [0.2, 0.25) is 0 Å². The molecule has 0 N–H and O–H groups in total. The van der Waals surface area contributed by atoms with Crippen LogP contribution in [-0.4, -0.2) is 34.9 Å². The Morgan fingerprint density at radius 1 is 0.414 bits per heavy atom. The Balaban J connectivity index is 0.966. The minimum absolute atomic E-state index is 0.586. The molecule has 0 saturated carbocycles. The minimum Gasteiger partial charge on any atom is -0.455 e. The lowest BCUT2D eigenvalue weighted by Gasteiger charge is -2.42. The van der Waals surface area contributed by atoms with E-state index in [2.05, 4.69) is 147 Å². The molecule has 6 aromatic heterocycles. The first-order valence-corrected chi connectivity index (χ1v) is 23.8. The Morgan fingerprint density at radius 2 is 1.01 bits per heavy atom. The SMILES string of the molecule is c1ccc2c(c1)Oc1c(ccc3c1Sc1ccccc1N3c1ccccc1-c1ccncc1)C21c2cccnc2-c2nc(-c3ccccc3-c3nc(-c4ccncc4)cc(-c4ccncc4)n3)ccc21. The first kappa shape index (κ1) is 40.0. The number of fused-ring (bicyclic) bond motifs is 12. The number of rotatable bonds is 6. The van der Waals surface area contributed by atoms with E-state index in [0.29, 0.717) is 5.82 Å². The molecule has 0 radical (unpaired) electrons. The van der Waals surface area contributed by atoms with Crippen LogP contribution in [0.4, 0.5) is 17.1 Å². The Kier molecular flexibility index (Phi) is 9.15. The number of para-hydroxylation sites is 3. The summed E-state index contributed by atoms with van der Waals surface area (Å²) in [5.74, 6) is 2.19. The van der Waals surface area contributed by atoms with Crippen molar-refractivity contribution in [2.75, 3.05) is 4.90 Å². The molecule has 5 aromatic carbocycles. The van der Waals surface area contributed by atoms with Gasteiger partial charge < -0.3 is 9.64 Å².